The number of hydrogen-bond donors (Lipinski definition) is 0. The summed E-state index contributed by atoms with van der Waals surface area (Å²) in [6, 6.07) is 15.8. The summed E-state index contributed by atoms with van der Waals surface area (Å²) in [6.45, 7) is 0. The van der Waals surface area contributed by atoms with Gasteiger partial charge in [-0.3, -0.25) is 4.98 Å². The predicted octanol–water partition coefficient (Wildman–Crippen LogP) is 2.81. The molecule has 0 unspecified atom stereocenters. The van der Waals surface area contributed by atoms with Crippen molar-refractivity contribution in [2.75, 3.05) is 0 Å². The molecular formula is C13H10N2. The van der Waals surface area contributed by atoms with Gasteiger partial charge in [-0.2, -0.15) is 5.26 Å². The van der Waals surface area contributed by atoms with Gasteiger partial charge in [-0.25, -0.2) is 0 Å². The fourth-order valence-electron chi connectivity index (χ4n) is 1.53. The van der Waals surface area contributed by atoms with Crippen molar-refractivity contribution < 1.29 is 0 Å². The second kappa shape index (κ2) is 4.39. The Morgan fingerprint density at radius 2 is 1.87 bits per heavy atom. The van der Waals surface area contributed by atoms with Crippen LogP contribution in [0.25, 0.3) is 11.3 Å². The minimum absolute atomic E-state index is 0.423. The molecule has 1 heterocycles. The maximum Gasteiger partial charge on any atom is 0.0705 e. The summed E-state index contributed by atoms with van der Waals surface area (Å²) in [5.74, 6) is 0. The van der Waals surface area contributed by atoms with Crippen LogP contribution < -0.4 is 0 Å². The van der Waals surface area contributed by atoms with Gasteiger partial charge < -0.3 is 0 Å². The van der Waals surface area contributed by atoms with E-state index in [1.54, 1.807) is 6.20 Å². The van der Waals surface area contributed by atoms with Crippen molar-refractivity contribution in [1.29, 1.82) is 5.26 Å². The molecule has 0 saturated heterocycles. The molecule has 2 heteroatoms. The highest BCUT2D eigenvalue weighted by Gasteiger charge is 2.03. The number of nitrogens with zero attached hydrogens (tertiary/aromatic N) is 2. The van der Waals surface area contributed by atoms with Gasteiger partial charge in [0.25, 0.3) is 0 Å². The molecule has 0 atom stereocenters. The van der Waals surface area contributed by atoms with Gasteiger partial charge in [0, 0.05) is 11.8 Å². The van der Waals surface area contributed by atoms with E-state index in [1.165, 1.54) is 0 Å². The molecule has 0 bridgehead atoms. The van der Waals surface area contributed by atoms with E-state index in [0.717, 1.165) is 16.8 Å². The number of aromatic nitrogens is 1. The van der Waals surface area contributed by atoms with Gasteiger partial charge in [0.1, 0.15) is 0 Å². The third-order valence-electron chi connectivity index (χ3n) is 2.23. The second-order valence-corrected chi connectivity index (χ2v) is 3.21. The molecule has 15 heavy (non-hydrogen) atoms. The van der Waals surface area contributed by atoms with Crippen molar-refractivity contribution >= 4 is 0 Å². The SMILES string of the molecule is N#CCc1ccccc1-c1ccccn1. The lowest BCUT2D eigenvalue weighted by Crippen LogP contribution is -1.89. The molecule has 0 radical (unpaired) electrons. The summed E-state index contributed by atoms with van der Waals surface area (Å²) in [6.07, 6.45) is 2.19. The lowest BCUT2D eigenvalue weighted by Gasteiger charge is -2.04. The zero-order valence-corrected chi connectivity index (χ0v) is 8.22. The molecule has 0 amide bonds. The second-order valence-electron chi connectivity index (χ2n) is 3.21. The van der Waals surface area contributed by atoms with Crippen LogP contribution in [0.2, 0.25) is 0 Å². The van der Waals surface area contributed by atoms with E-state index in [1.807, 2.05) is 42.5 Å². The molecule has 72 valence electrons. The molecule has 0 spiro atoms. The van der Waals surface area contributed by atoms with Crippen molar-refractivity contribution in [2.45, 2.75) is 6.42 Å². The standard InChI is InChI=1S/C13H10N2/c14-9-8-11-5-1-2-6-12(11)13-7-3-4-10-15-13/h1-7,10H,8H2. The highest BCUT2D eigenvalue weighted by Crippen LogP contribution is 2.21. The van der Waals surface area contributed by atoms with Crippen LogP contribution in [0, 0.1) is 11.3 Å². The third-order valence-corrected chi connectivity index (χ3v) is 2.23. The summed E-state index contributed by atoms with van der Waals surface area (Å²) in [7, 11) is 0. The number of hydrogen-bond acceptors (Lipinski definition) is 2. The van der Waals surface area contributed by atoms with E-state index in [0.29, 0.717) is 6.42 Å². The van der Waals surface area contributed by atoms with E-state index in [2.05, 4.69) is 11.1 Å². The van der Waals surface area contributed by atoms with Crippen molar-refractivity contribution in [3.8, 4) is 17.3 Å². The zero-order valence-electron chi connectivity index (χ0n) is 8.22. The molecule has 0 N–H and O–H groups in total. The predicted molar refractivity (Wildman–Crippen MR) is 59.0 cm³/mol. The summed E-state index contributed by atoms with van der Waals surface area (Å²) < 4.78 is 0. The molecule has 2 rings (SSSR count). The van der Waals surface area contributed by atoms with E-state index in [-0.39, 0.29) is 0 Å². The summed E-state index contributed by atoms with van der Waals surface area (Å²) >= 11 is 0. The highest BCUT2D eigenvalue weighted by atomic mass is 14.7. The quantitative estimate of drug-likeness (QED) is 0.737. The summed E-state index contributed by atoms with van der Waals surface area (Å²) in [4.78, 5) is 4.28. The van der Waals surface area contributed by atoms with E-state index < -0.39 is 0 Å². The molecular weight excluding hydrogens is 184 g/mol. The lowest BCUT2D eigenvalue weighted by molar-refractivity contribution is 1.24. The van der Waals surface area contributed by atoms with Gasteiger partial charge in [0.15, 0.2) is 0 Å². The van der Waals surface area contributed by atoms with Crippen LogP contribution in [0.5, 0.6) is 0 Å². The first-order valence-electron chi connectivity index (χ1n) is 4.78. The fraction of sp³-hybridized carbons (Fsp3) is 0.0769. The monoisotopic (exact) mass is 194 g/mol. The van der Waals surface area contributed by atoms with Crippen LogP contribution in [-0.4, -0.2) is 4.98 Å². The fourth-order valence-corrected chi connectivity index (χ4v) is 1.53. The highest BCUT2D eigenvalue weighted by molar-refractivity contribution is 5.63. The van der Waals surface area contributed by atoms with Crippen LogP contribution in [-0.2, 0) is 6.42 Å². The molecule has 1 aromatic heterocycles. The maximum absolute atomic E-state index is 8.72. The molecule has 2 nitrogen and oxygen atoms in total. The number of nitriles is 1. The largest absolute Gasteiger partial charge is 0.256 e. The maximum atomic E-state index is 8.72. The molecule has 0 aliphatic heterocycles. The number of rotatable bonds is 2. The number of benzene rings is 1. The van der Waals surface area contributed by atoms with E-state index in [4.69, 9.17) is 5.26 Å². The van der Waals surface area contributed by atoms with E-state index in [9.17, 15) is 0 Å². The van der Waals surface area contributed by atoms with Crippen LogP contribution in [0.15, 0.2) is 48.7 Å². The van der Waals surface area contributed by atoms with Gasteiger partial charge in [0.05, 0.1) is 18.2 Å². The third kappa shape index (κ3) is 2.03. The summed E-state index contributed by atoms with van der Waals surface area (Å²) in [5.41, 5.74) is 2.99. The minimum atomic E-state index is 0.423. The van der Waals surface area contributed by atoms with Gasteiger partial charge in [-0.15, -0.1) is 0 Å². The van der Waals surface area contributed by atoms with Crippen molar-refractivity contribution in [1.82, 2.24) is 4.98 Å². The molecule has 0 aliphatic rings. The van der Waals surface area contributed by atoms with Gasteiger partial charge in [0.2, 0.25) is 0 Å². The lowest BCUT2D eigenvalue weighted by atomic mass is 10.0. The van der Waals surface area contributed by atoms with Crippen LogP contribution in [0.1, 0.15) is 5.56 Å². The Balaban J connectivity index is 2.49. The average Bonchev–Trinajstić information content (AvgIpc) is 2.31. The first-order valence-corrected chi connectivity index (χ1v) is 4.78. The Labute approximate surface area is 88.8 Å². The van der Waals surface area contributed by atoms with Crippen molar-refractivity contribution in [3.05, 3.63) is 54.2 Å². The molecule has 0 fully saturated rings. The topological polar surface area (TPSA) is 36.7 Å². The molecule has 2 aromatic rings. The van der Waals surface area contributed by atoms with Crippen molar-refractivity contribution in [2.24, 2.45) is 0 Å². The zero-order chi connectivity index (χ0) is 10.5. The van der Waals surface area contributed by atoms with Crippen LogP contribution >= 0.6 is 0 Å². The normalized spacial score (nSPS) is 9.53. The van der Waals surface area contributed by atoms with E-state index >= 15 is 0 Å². The van der Waals surface area contributed by atoms with Crippen LogP contribution in [0.3, 0.4) is 0 Å². The Hall–Kier alpha value is -2.14. The van der Waals surface area contributed by atoms with Crippen LogP contribution in [0.4, 0.5) is 0 Å². The first kappa shape index (κ1) is 9.42. The van der Waals surface area contributed by atoms with Gasteiger partial charge >= 0.3 is 0 Å². The minimum Gasteiger partial charge on any atom is -0.256 e. The van der Waals surface area contributed by atoms with Gasteiger partial charge in [-0.1, -0.05) is 30.3 Å². The summed E-state index contributed by atoms with van der Waals surface area (Å²) in [5, 5.41) is 8.72. The Kier molecular flexibility index (Phi) is 2.75. The molecule has 0 aliphatic carbocycles. The first-order chi connectivity index (χ1) is 7.42. The number of pyridine rings is 1. The van der Waals surface area contributed by atoms with Crippen molar-refractivity contribution in [3.63, 3.8) is 0 Å². The molecule has 1 aromatic carbocycles. The smallest absolute Gasteiger partial charge is 0.0705 e. The van der Waals surface area contributed by atoms with Gasteiger partial charge in [-0.05, 0) is 17.7 Å². The molecule has 0 saturated carbocycles. The Morgan fingerprint density at radius 1 is 1.07 bits per heavy atom. The Morgan fingerprint density at radius 3 is 2.60 bits per heavy atom. The Bertz CT molecular complexity index is 483. The average molecular weight is 194 g/mol.